The molecular formula is C15H22ClNO2. The smallest absolute Gasteiger partial charge is 0.162 e. The van der Waals surface area contributed by atoms with Crippen molar-refractivity contribution in [2.75, 3.05) is 19.8 Å². The predicted octanol–water partition coefficient (Wildman–Crippen LogP) is 3.42. The minimum atomic E-state index is 0.241. The maximum absolute atomic E-state index is 6.31. The number of ether oxygens (including phenoxy) is 2. The second kappa shape index (κ2) is 6.02. The van der Waals surface area contributed by atoms with E-state index >= 15 is 0 Å². The van der Waals surface area contributed by atoms with Crippen LogP contribution >= 0.6 is 11.6 Å². The number of aryl methyl sites for hydroxylation is 1. The van der Waals surface area contributed by atoms with Gasteiger partial charge in [0.25, 0.3) is 0 Å². The molecule has 2 N–H and O–H groups in total. The summed E-state index contributed by atoms with van der Waals surface area (Å²) < 4.78 is 11.1. The molecule has 0 aromatic heterocycles. The van der Waals surface area contributed by atoms with Crippen LogP contribution in [0.1, 0.15) is 32.3 Å². The van der Waals surface area contributed by atoms with E-state index in [9.17, 15) is 0 Å². The van der Waals surface area contributed by atoms with Crippen molar-refractivity contribution < 1.29 is 9.47 Å². The molecule has 0 bridgehead atoms. The van der Waals surface area contributed by atoms with E-state index in [4.69, 9.17) is 26.8 Å². The van der Waals surface area contributed by atoms with Crippen LogP contribution in [0, 0.1) is 5.41 Å². The quantitative estimate of drug-likeness (QED) is 0.900. The number of halogens is 1. The first-order valence-corrected chi connectivity index (χ1v) is 7.18. The molecule has 0 fully saturated rings. The average Bonchev–Trinajstić information content (AvgIpc) is 2.36. The fourth-order valence-corrected chi connectivity index (χ4v) is 2.53. The van der Waals surface area contributed by atoms with Gasteiger partial charge in [-0.25, -0.2) is 0 Å². The molecule has 0 unspecified atom stereocenters. The molecule has 3 nitrogen and oxygen atoms in total. The number of benzene rings is 1. The maximum Gasteiger partial charge on any atom is 0.162 e. The Hall–Kier alpha value is -0.930. The minimum Gasteiger partial charge on any atom is -0.486 e. The monoisotopic (exact) mass is 283 g/mol. The summed E-state index contributed by atoms with van der Waals surface area (Å²) in [5, 5.41) is 0.757. The van der Waals surface area contributed by atoms with Gasteiger partial charge in [-0.15, -0.1) is 0 Å². The lowest BCUT2D eigenvalue weighted by Crippen LogP contribution is -2.18. The van der Waals surface area contributed by atoms with Gasteiger partial charge in [-0.3, -0.25) is 0 Å². The van der Waals surface area contributed by atoms with Crippen molar-refractivity contribution in [2.24, 2.45) is 11.1 Å². The fraction of sp³-hybridized carbons (Fsp3) is 0.600. The van der Waals surface area contributed by atoms with Crippen LogP contribution in [0.15, 0.2) is 12.1 Å². The molecule has 106 valence electrons. The Morgan fingerprint density at radius 1 is 1.16 bits per heavy atom. The van der Waals surface area contributed by atoms with E-state index in [0.29, 0.717) is 13.2 Å². The Morgan fingerprint density at radius 3 is 2.42 bits per heavy atom. The second-order valence-corrected chi connectivity index (χ2v) is 6.20. The van der Waals surface area contributed by atoms with Crippen molar-refractivity contribution in [3.63, 3.8) is 0 Å². The van der Waals surface area contributed by atoms with Crippen LogP contribution in [0.25, 0.3) is 0 Å². The van der Waals surface area contributed by atoms with Gasteiger partial charge in [0.1, 0.15) is 13.2 Å². The molecule has 0 saturated carbocycles. The van der Waals surface area contributed by atoms with Gasteiger partial charge in [0.2, 0.25) is 0 Å². The number of hydrogen-bond donors (Lipinski definition) is 1. The summed E-state index contributed by atoms with van der Waals surface area (Å²) in [5.41, 5.74) is 7.00. The van der Waals surface area contributed by atoms with Gasteiger partial charge in [-0.1, -0.05) is 25.4 Å². The van der Waals surface area contributed by atoms with Crippen molar-refractivity contribution in [1.29, 1.82) is 0 Å². The van der Waals surface area contributed by atoms with Crippen molar-refractivity contribution in [1.82, 2.24) is 0 Å². The summed E-state index contributed by atoms with van der Waals surface area (Å²) in [4.78, 5) is 0. The molecular weight excluding hydrogens is 262 g/mol. The first-order valence-electron chi connectivity index (χ1n) is 6.80. The zero-order valence-corrected chi connectivity index (χ0v) is 12.4. The molecule has 0 radical (unpaired) electrons. The van der Waals surface area contributed by atoms with Gasteiger partial charge >= 0.3 is 0 Å². The summed E-state index contributed by atoms with van der Waals surface area (Å²) in [5.74, 6) is 1.56. The standard InChI is InChI=1S/C15H22ClNO2/c1-15(2,5-6-17)4-3-11-9-13-14(10-12(11)16)19-8-7-18-13/h9-10H,3-8,17H2,1-2H3. The lowest BCUT2D eigenvalue weighted by Gasteiger charge is -2.25. The van der Waals surface area contributed by atoms with Gasteiger partial charge in [-0.2, -0.15) is 0 Å². The largest absolute Gasteiger partial charge is 0.486 e. The van der Waals surface area contributed by atoms with Crippen molar-refractivity contribution in [3.8, 4) is 11.5 Å². The van der Waals surface area contributed by atoms with E-state index in [2.05, 4.69) is 13.8 Å². The van der Waals surface area contributed by atoms with Gasteiger partial charge < -0.3 is 15.2 Å². The second-order valence-electron chi connectivity index (χ2n) is 5.79. The summed E-state index contributed by atoms with van der Waals surface area (Å²) in [6.45, 7) is 6.40. The summed E-state index contributed by atoms with van der Waals surface area (Å²) in [6.07, 6.45) is 3.02. The van der Waals surface area contributed by atoms with E-state index < -0.39 is 0 Å². The molecule has 19 heavy (non-hydrogen) atoms. The van der Waals surface area contributed by atoms with Crippen LogP contribution in [0.4, 0.5) is 0 Å². The van der Waals surface area contributed by atoms with Crippen LogP contribution in [-0.2, 0) is 6.42 Å². The molecule has 1 aromatic carbocycles. The van der Waals surface area contributed by atoms with Crippen LogP contribution in [0.3, 0.4) is 0 Å². The first kappa shape index (κ1) is 14.5. The fourth-order valence-electron chi connectivity index (χ4n) is 2.29. The normalized spacial score (nSPS) is 14.5. The molecule has 0 saturated heterocycles. The Kier molecular flexibility index (Phi) is 4.58. The third-order valence-electron chi connectivity index (χ3n) is 3.60. The van der Waals surface area contributed by atoms with Gasteiger partial charge in [-0.05, 0) is 42.9 Å². The maximum atomic E-state index is 6.31. The number of hydrogen-bond acceptors (Lipinski definition) is 3. The van der Waals surface area contributed by atoms with Crippen LogP contribution < -0.4 is 15.2 Å². The summed E-state index contributed by atoms with van der Waals surface area (Å²) in [7, 11) is 0. The number of nitrogens with two attached hydrogens (primary N) is 1. The molecule has 0 aliphatic carbocycles. The van der Waals surface area contributed by atoms with Crippen molar-refractivity contribution >= 4 is 11.6 Å². The highest BCUT2D eigenvalue weighted by Gasteiger charge is 2.19. The topological polar surface area (TPSA) is 44.5 Å². The van der Waals surface area contributed by atoms with Crippen LogP contribution in [0.5, 0.6) is 11.5 Å². The summed E-state index contributed by atoms with van der Waals surface area (Å²) in [6, 6.07) is 3.87. The highest BCUT2D eigenvalue weighted by molar-refractivity contribution is 6.31. The number of rotatable bonds is 5. The molecule has 1 aliphatic rings. The van der Waals surface area contributed by atoms with Gasteiger partial charge in [0.15, 0.2) is 11.5 Å². The lowest BCUT2D eigenvalue weighted by molar-refractivity contribution is 0.171. The highest BCUT2D eigenvalue weighted by atomic mass is 35.5. The Balaban J connectivity index is 2.08. The van der Waals surface area contributed by atoms with E-state index in [0.717, 1.165) is 47.9 Å². The van der Waals surface area contributed by atoms with Crippen LogP contribution in [-0.4, -0.2) is 19.8 Å². The van der Waals surface area contributed by atoms with E-state index in [1.807, 2.05) is 12.1 Å². The van der Waals surface area contributed by atoms with E-state index in [1.54, 1.807) is 0 Å². The molecule has 1 heterocycles. The van der Waals surface area contributed by atoms with E-state index in [1.165, 1.54) is 0 Å². The van der Waals surface area contributed by atoms with Gasteiger partial charge in [0, 0.05) is 11.1 Å². The third-order valence-corrected chi connectivity index (χ3v) is 3.96. The SMILES string of the molecule is CC(C)(CCN)CCc1cc2c(cc1Cl)OCCO2. The predicted molar refractivity (Wildman–Crippen MR) is 78.2 cm³/mol. The Morgan fingerprint density at radius 2 is 1.79 bits per heavy atom. The Labute approximate surface area is 120 Å². The highest BCUT2D eigenvalue weighted by Crippen LogP contribution is 2.37. The van der Waals surface area contributed by atoms with Crippen molar-refractivity contribution in [2.45, 2.75) is 33.1 Å². The minimum absolute atomic E-state index is 0.241. The van der Waals surface area contributed by atoms with E-state index in [-0.39, 0.29) is 5.41 Å². The zero-order valence-electron chi connectivity index (χ0n) is 11.7. The third kappa shape index (κ3) is 3.77. The molecule has 0 spiro atoms. The molecule has 1 aromatic rings. The number of fused-ring (bicyclic) bond motifs is 1. The molecule has 0 atom stereocenters. The first-order chi connectivity index (χ1) is 9.02. The summed E-state index contributed by atoms with van der Waals surface area (Å²) >= 11 is 6.31. The molecule has 1 aliphatic heterocycles. The molecule has 4 heteroatoms. The average molecular weight is 284 g/mol. The van der Waals surface area contributed by atoms with Crippen LogP contribution in [0.2, 0.25) is 5.02 Å². The van der Waals surface area contributed by atoms with Gasteiger partial charge in [0.05, 0.1) is 0 Å². The molecule has 2 rings (SSSR count). The zero-order chi connectivity index (χ0) is 13.9. The molecule has 0 amide bonds. The lowest BCUT2D eigenvalue weighted by atomic mass is 9.83. The van der Waals surface area contributed by atoms with Crippen molar-refractivity contribution in [3.05, 3.63) is 22.7 Å². The Bertz CT molecular complexity index is 446.